The molecular weight excluding hydrogens is 334 g/mol. The van der Waals surface area contributed by atoms with E-state index in [1.54, 1.807) is 0 Å². The monoisotopic (exact) mass is 361 g/mol. The highest BCUT2D eigenvalue weighted by Crippen LogP contribution is 2.40. The lowest BCUT2D eigenvalue weighted by Crippen LogP contribution is -2.25. The van der Waals surface area contributed by atoms with Crippen LogP contribution in [0.25, 0.3) is 10.2 Å². The third kappa shape index (κ3) is 4.36. The van der Waals surface area contributed by atoms with E-state index in [0.29, 0.717) is 19.1 Å². The molecule has 0 spiro atoms. The maximum Gasteiger partial charge on any atom is 0.261 e. The first-order chi connectivity index (χ1) is 12.1. The molecule has 25 heavy (non-hydrogen) atoms. The van der Waals surface area contributed by atoms with Crippen molar-refractivity contribution in [1.82, 2.24) is 15.3 Å². The summed E-state index contributed by atoms with van der Waals surface area (Å²) in [5, 5.41) is 4.05. The molecule has 0 saturated heterocycles. The Morgan fingerprint density at radius 2 is 2.00 bits per heavy atom. The topological polar surface area (TPSA) is 64.1 Å². The number of rotatable bonds is 9. The van der Waals surface area contributed by atoms with Crippen LogP contribution in [0.3, 0.4) is 0 Å². The van der Waals surface area contributed by atoms with E-state index >= 15 is 0 Å². The van der Waals surface area contributed by atoms with E-state index in [1.807, 2.05) is 13.8 Å². The van der Waals surface area contributed by atoms with Crippen LogP contribution in [0, 0.1) is 13.8 Å². The van der Waals surface area contributed by atoms with Gasteiger partial charge in [0.1, 0.15) is 10.7 Å². The van der Waals surface area contributed by atoms with Crippen molar-refractivity contribution >= 4 is 27.5 Å². The van der Waals surface area contributed by atoms with E-state index in [9.17, 15) is 4.79 Å². The number of amides is 1. The zero-order valence-electron chi connectivity index (χ0n) is 15.4. The molecule has 0 radical (unpaired) electrons. The van der Waals surface area contributed by atoms with Crippen LogP contribution in [0.4, 0.5) is 0 Å². The van der Waals surface area contributed by atoms with E-state index < -0.39 is 0 Å². The van der Waals surface area contributed by atoms with Gasteiger partial charge < -0.3 is 10.1 Å². The maximum absolute atomic E-state index is 12.5. The molecule has 0 atom stereocenters. The lowest BCUT2D eigenvalue weighted by Gasteiger charge is -2.05. The summed E-state index contributed by atoms with van der Waals surface area (Å²) in [6.07, 6.45) is 5.44. The first kappa shape index (κ1) is 18.3. The quantitative estimate of drug-likeness (QED) is 0.682. The molecule has 2 aromatic heterocycles. The number of aromatic nitrogens is 2. The molecule has 5 nitrogen and oxygen atoms in total. The normalized spacial score (nSPS) is 14.2. The first-order valence-electron chi connectivity index (χ1n) is 9.25. The Balaban J connectivity index is 1.61. The van der Waals surface area contributed by atoms with Gasteiger partial charge in [-0.1, -0.05) is 13.3 Å². The summed E-state index contributed by atoms with van der Waals surface area (Å²) in [6.45, 7) is 8.30. The molecule has 0 aliphatic heterocycles. The minimum absolute atomic E-state index is 0.0126. The Labute approximate surface area is 153 Å². The van der Waals surface area contributed by atoms with Crippen molar-refractivity contribution in [3.05, 3.63) is 22.0 Å². The molecule has 1 aliphatic rings. The van der Waals surface area contributed by atoms with Crippen LogP contribution < -0.4 is 5.32 Å². The van der Waals surface area contributed by atoms with Crippen molar-refractivity contribution in [2.45, 2.75) is 58.8 Å². The number of nitrogens with zero attached hydrogens (tertiary/aromatic N) is 2. The Morgan fingerprint density at radius 1 is 1.24 bits per heavy atom. The molecule has 1 fully saturated rings. The number of nitrogens with one attached hydrogen (secondary N) is 1. The Hall–Kier alpha value is -1.53. The van der Waals surface area contributed by atoms with Crippen molar-refractivity contribution in [2.24, 2.45) is 0 Å². The minimum atomic E-state index is -0.0126. The SMILES string of the molecule is CCCCOCCCNC(=O)c1sc2nc(C3CC3)nc(C)c2c1C. The molecule has 0 bridgehead atoms. The molecule has 0 unspecified atom stereocenters. The van der Waals surface area contributed by atoms with Crippen molar-refractivity contribution in [3.8, 4) is 0 Å². The molecule has 6 heteroatoms. The van der Waals surface area contributed by atoms with Crippen LogP contribution >= 0.6 is 11.3 Å². The van der Waals surface area contributed by atoms with Gasteiger partial charge in [0.05, 0.1) is 10.6 Å². The van der Waals surface area contributed by atoms with Crippen LogP contribution in [0.5, 0.6) is 0 Å². The number of hydrogen-bond donors (Lipinski definition) is 1. The van der Waals surface area contributed by atoms with Gasteiger partial charge in [-0.3, -0.25) is 4.79 Å². The molecule has 1 amide bonds. The van der Waals surface area contributed by atoms with Gasteiger partial charge in [-0.2, -0.15) is 0 Å². The molecule has 0 aromatic carbocycles. The average Bonchev–Trinajstić information content (AvgIpc) is 3.38. The molecule has 136 valence electrons. The predicted molar refractivity (Wildman–Crippen MR) is 102 cm³/mol. The second-order valence-electron chi connectivity index (χ2n) is 6.75. The summed E-state index contributed by atoms with van der Waals surface area (Å²) in [5.74, 6) is 1.46. The third-order valence-electron chi connectivity index (χ3n) is 4.53. The zero-order valence-corrected chi connectivity index (χ0v) is 16.2. The van der Waals surface area contributed by atoms with Gasteiger partial charge in [0.25, 0.3) is 5.91 Å². The summed E-state index contributed by atoms with van der Waals surface area (Å²) < 4.78 is 5.52. The predicted octanol–water partition coefficient (Wildman–Crippen LogP) is 4.12. The Bertz CT molecular complexity index is 753. The standard InChI is InChI=1S/C19H27N3O2S/c1-4-5-10-24-11-6-9-20-18(23)16-12(2)15-13(3)21-17(14-7-8-14)22-19(15)25-16/h14H,4-11H2,1-3H3,(H,20,23). The summed E-state index contributed by atoms with van der Waals surface area (Å²) in [6, 6.07) is 0. The number of unbranched alkanes of at least 4 members (excludes halogenated alkanes) is 1. The highest BCUT2D eigenvalue weighted by Gasteiger charge is 2.28. The van der Waals surface area contributed by atoms with Gasteiger partial charge in [-0.15, -0.1) is 11.3 Å². The van der Waals surface area contributed by atoms with Crippen LogP contribution in [0.15, 0.2) is 0 Å². The van der Waals surface area contributed by atoms with Crippen molar-refractivity contribution < 1.29 is 9.53 Å². The summed E-state index contributed by atoms with van der Waals surface area (Å²) in [7, 11) is 0. The van der Waals surface area contributed by atoms with E-state index in [0.717, 1.165) is 58.0 Å². The molecule has 1 saturated carbocycles. The van der Waals surface area contributed by atoms with E-state index in [4.69, 9.17) is 9.72 Å². The van der Waals surface area contributed by atoms with E-state index in [-0.39, 0.29) is 5.91 Å². The molecule has 2 aromatic rings. The molecule has 2 heterocycles. The van der Waals surface area contributed by atoms with Crippen molar-refractivity contribution in [1.29, 1.82) is 0 Å². The van der Waals surface area contributed by atoms with Crippen LogP contribution in [0.2, 0.25) is 0 Å². The number of fused-ring (bicyclic) bond motifs is 1. The largest absolute Gasteiger partial charge is 0.381 e. The fourth-order valence-electron chi connectivity index (χ4n) is 2.91. The Morgan fingerprint density at radius 3 is 2.72 bits per heavy atom. The Kier molecular flexibility index (Phi) is 6.02. The maximum atomic E-state index is 12.5. The first-order valence-corrected chi connectivity index (χ1v) is 10.1. The average molecular weight is 362 g/mol. The lowest BCUT2D eigenvalue weighted by molar-refractivity contribution is 0.0944. The van der Waals surface area contributed by atoms with Gasteiger partial charge >= 0.3 is 0 Å². The third-order valence-corrected chi connectivity index (χ3v) is 5.71. The second kappa shape index (κ2) is 8.23. The van der Waals surface area contributed by atoms with Crippen LogP contribution in [-0.4, -0.2) is 35.6 Å². The zero-order chi connectivity index (χ0) is 17.8. The number of carbonyl (C=O) groups excluding carboxylic acids is 1. The highest BCUT2D eigenvalue weighted by atomic mass is 32.1. The van der Waals surface area contributed by atoms with Crippen LogP contribution in [0.1, 0.15) is 71.7 Å². The molecular formula is C19H27N3O2S. The van der Waals surface area contributed by atoms with E-state index in [1.165, 1.54) is 24.2 Å². The van der Waals surface area contributed by atoms with Gasteiger partial charge in [0.2, 0.25) is 0 Å². The smallest absolute Gasteiger partial charge is 0.261 e. The van der Waals surface area contributed by atoms with E-state index in [2.05, 4.69) is 17.2 Å². The molecule has 1 N–H and O–H groups in total. The highest BCUT2D eigenvalue weighted by molar-refractivity contribution is 7.20. The van der Waals surface area contributed by atoms with Gasteiger partial charge in [0, 0.05) is 31.1 Å². The number of ether oxygens (including phenoxy) is 1. The summed E-state index contributed by atoms with van der Waals surface area (Å²) in [4.78, 5) is 23.6. The van der Waals surface area contributed by atoms with Crippen LogP contribution in [-0.2, 0) is 4.74 Å². The minimum Gasteiger partial charge on any atom is -0.381 e. The number of hydrogen-bond acceptors (Lipinski definition) is 5. The fourth-order valence-corrected chi connectivity index (χ4v) is 4.06. The fraction of sp³-hybridized carbons (Fsp3) is 0.632. The summed E-state index contributed by atoms with van der Waals surface area (Å²) >= 11 is 1.49. The summed E-state index contributed by atoms with van der Waals surface area (Å²) in [5.41, 5.74) is 1.99. The number of aryl methyl sites for hydroxylation is 2. The molecule has 1 aliphatic carbocycles. The number of carbonyl (C=O) groups is 1. The second-order valence-corrected chi connectivity index (χ2v) is 7.75. The van der Waals surface area contributed by atoms with Gasteiger partial charge in [0.15, 0.2) is 0 Å². The van der Waals surface area contributed by atoms with Crippen molar-refractivity contribution in [2.75, 3.05) is 19.8 Å². The van der Waals surface area contributed by atoms with Gasteiger partial charge in [-0.25, -0.2) is 9.97 Å². The van der Waals surface area contributed by atoms with Crippen molar-refractivity contribution in [3.63, 3.8) is 0 Å². The molecule has 3 rings (SSSR count). The number of thiophene rings is 1. The van der Waals surface area contributed by atoms with Gasteiger partial charge in [-0.05, 0) is 45.1 Å². The lowest BCUT2D eigenvalue weighted by atomic mass is 10.1.